The van der Waals surface area contributed by atoms with Crippen LogP contribution in [0.4, 0.5) is 0 Å². The minimum Gasteiger partial charge on any atom is -0.293 e. The maximum Gasteiger partial charge on any atom is 0.254 e. The van der Waals surface area contributed by atoms with Crippen molar-refractivity contribution in [1.29, 1.82) is 0 Å². The summed E-state index contributed by atoms with van der Waals surface area (Å²) in [5.41, 5.74) is 3.30. The Labute approximate surface area is 132 Å². The average Bonchev–Trinajstić information content (AvgIpc) is 2.44. The van der Waals surface area contributed by atoms with Crippen molar-refractivity contribution in [2.24, 2.45) is 5.10 Å². The van der Waals surface area contributed by atoms with Crippen molar-refractivity contribution in [3.63, 3.8) is 0 Å². The van der Waals surface area contributed by atoms with Gasteiger partial charge in [-0.25, -0.2) is 5.43 Å². The molecule has 2 rings (SSSR count). The van der Waals surface area contributed by atoms with Gasteiger partial charge in [0.15, 0.2) is 0 Å². The third kappa shape index (κ3) is 4.98. The van der Waals surface area contributed by atoms with E-state index in [0.29, 0.717) is 16.6 Å². The van der Waals surface area contributed by atoms with E-state index in [1.54, 1.807) is 24.4 Å². The van der Waals surface area contributed by atoms with Crippen molar-refractivity contribution in [3.8, 4) is 0 Å². The van der Waals surface area contributed by atoms with E-state index in [0.717, 1.165) is 30.2 Å². The highest BCUT2D eigenvalue weighted by Gasteiger charge is 2.13. The number of nitrogens with one attached hydrogen (secondary N) is 1. The second kappa shape index (κ2) is 7.88. The number of hydrazone groups is 1. The molecule has 0 atom stereocenters. The van der Waals surface area contributed by atoms with Gasteiger partial charge in [-0.05, 0) is 17.7 Å². The zero-order chi connectivity index (χ0) is 14.4. The molecule has 1 fully saturated rings. The maximum absolute atomic E-state index is 11.7. The molecule has 0 radical (unpaired) electrons. The van der Waals surface area contributed by atoms with Gasteiger partial charge in [-0.3, -0.25) is 9.69 Å². The summed E-state index contributed by atoms with van der Waals surface area (Å²) < 4.78 is 0. The molecule has 1 heterocycles. The number of nitrogens with zero attached hydrogens (tertiary/aromatic N) is 2. The molecule has 20 heavy (non-hydrogen) atoms. The van der Waals surface area contributed by atoms with Crippen molar-refractivity contribution in [3.05, 3.63) is 33.8 Å². The van der Waals surface area contributed by atoms with Gasteiger partial charge in [0.2, 0.25) is 0 Å². The average molecular weight is 332 g/mol. The Bertz CT molecular complexity index is 504. The molecule has 1 aromatic carbocycles. The van der Waals surface area contributed by atoms with Crippen molar-refractivity contribution in [2.45, 2.75) is 0 Å². The zero-order valence-corrected chi connectivity index (χ0v) is 13.1. The monoisotopic (exact) mass is 331 g/mol. The van der Waals surface area contributed by atoms with Crippen molar-refractivity contribution >= 4 is 47.1 Å². The lowest BCUT2D eigenvalue weighted by Gasteiger charge is -2.24. The summed E-state index contributed by atoms with van der Waals surface area (Å²) in [7, 11) is 0. The molecule has 4 nitrogen and oxygen atoms in total. The predicted octanol–water partition coefficient (Wildman–Crippen LogP) is 2.49. The van der Waals surface area contributed by atoms with Gasteiger partial charge in [-0.1, -0.05) is 29.3 Å². The Morgan fingerprint density at radius 3 is 2.80 bits per heavy atom. The van der Waals surface area contributed by atoms with Crippen LogP contribution < -0.4 is 5.43 Å². The first kappa shape index (κ1) is 15.6. The topological polar surface area (TPSA) is 44.7 Å². The molecular weight excluding hydrogens is 317 g/mol. The predicted molar refractivity (Wildman–Crippen MR) is 86.0 cm³/mol. The lowest BCUT2D eigenvalue weighted by Crippen LogP contribution is -2.40. The second-order valence-corrected chi connectivity index (χ2v) is 6.39. The number of hydrogen-bond donors (Lipinski definition) is 1. The largest absolute Gasteiger partial charge is 0.293 e. The lowest BCUT2D eigenvalue weighted by molar-refractivity contribution is -0.122. The van der Waals surface area contributed by atoms with Crippen LogP contribution >= 0.6 is 35.0 Å². The Balaban J connectivity index is 1.79. The van der Waals surface area contributed by atoms with Crippen LogP contribution in [0.3, 0.4) is 0 Å². The van der Waals surface area contributed by atoms with E-state index in [1.807, 2.05) is 11.8 Å². The van der Waals surface area contributed by atoms with Gasteiger partial charge in [-0.2, -0.15) is 16.9 Å². The van der Waals surface area contributed by atoms with E-state index in [-0.39, 0.29) is 5.91 Å². The first-order valence-electron chi connectivity index (χ1n) is 6.22. The Morgan fingerprint density at radius 2 is 2.10 bits per heavy atom. The molecule has 1 aliphatic heterocycles. The summed E-state index contributed by atoms with van der Waals surface area (Å²) >= 11 is 13.6. The van der Waals surface area contributed by atoms with Crippen LogP contribution in [0.5, 0.6) is 0 Å². The first-order valence-corrected chi connectivity index (χ1v) is 8.13. The molecule has 1 aromatic rings. The number of carbonyl (C=O) groups is 1. The molecule has 0 saturated carbocycles. The van der Waals surface area contributed by atoms with E-state index < -0.39 is 0 Å². The SMILES string of the molecule is O=C(CN1CCSCC1)N/N=C/c1ccc(Cl)c(Cl)c1. The minimum absolute atomic E-state index is 0.104. The number of benzene rings is 1. The van der Waals surface area contributed by atoms with E-state index in [4.69, 9.17) is 23.2 Å². The molecule has 0 aromatic heterocycles. The summed E-state index contributed by atoms with van der Waals surface area (Å²) in [5.74, 6) is 2.06. The highest BCUT2D eigenvalue weighted by atomic mass is 35.5. The number of hydrogen-bond acceptors (Lipinski definition) is 4. The molecule has 108 valence electrons. The molecular formula is C13H15Cl2N3OS. The third-order valence-electron chi connectivity index (χ3n) is 2.82. The highest BCUT2D eigenvalue weighted by Crippen LogP contribution is 2.21. The summed E-state index contributed by atoms with van der Waals surface area (Å²) in [5, 5.41) is 4.88. The van der Waals surface area contributed by atoms with E-state index >= 15 is 0 Å². The first-order chi connectivity index (χ1) is 9.65. The van der Waals surface area contributed by atoms with E-state index in [2.05, 4.69) is 15.4 Å². The van der Waals surface area contributed by atoms with Gasteiger partial charge in [0.25, 0.3) is 5.91 Å². The summed E-state index contributed by atoms with van der Waals surface area (Å²) in [6.07, 6.45) is 1.55. The van der Waals surface area contributed by atoms with Crippen LogP contribution in [-0.4, -0.2) is 48.2 Å². The van der Waals surface area contributed by atoms with Crippen LogP contribution in [0.2, 0.25) is 10.0 Å². The van der Waals surface area contributed by atoms with Crippen molar-refractivity contribution in [1.82, 2.24) is 10.3 Å². The van der Waals surface area contributed by atoms with Crippen molar-refractivity contribution in [2.75, 3.05) is 31.1 Å². The quantitative estimate of drug-likeness (QED) is 0.681. The fourth-order valence-electron chi connectivity index (χ4n) is 1.77. The zero-order valence-electron chi connectivity index (χ0n) is 10.8. The molecule has 1 amide bonds. The Hall–Kier alpha value is -0.750. The molecule has 0 unspecified atom stereocenters. The maximum atomic E-state index is 11.7. The summed E-state index contributed by atoms with van der Waals surface area (Å²) in [6, 6.07) is 5.17. The smallest absolute Gasteiger partial charge is 0.254 e. The van der Waals surface area contributed by atoms with Crippen molar-refractivity contribution < 1.29 is 4.79 Å². The third-order valence-corrected chi connectivity index (χ3v) is 4.50. The highest BCUT2D eigenvalue weighted by molar-refractivity contribution is 7.99. The molecule has 1 saturated heterocycles. The second-order valence-electron chi connectivity index (χ2n) is 4.36. The van der Waals surface area contributed by atoms with Crippen LogP contribution in [-0.2, 0) is 4.79 Å². The number of thioether (sulfide) groups is 1. The lowest BCUT2D eigenvalue weighted by atomic mass is 10.2. The summed E-state index contributed by atoms with van der Waals surface area (Å²) in [4.78, 5) is 13.8. The van der Waals surface area contributed by atoms with Gasteiger partial charge in [-0.15, -0.1) is 0 Å². The fraction of sp³-hybridized carbons (Fsp3) is 0.385. The van der Waals surface area contributed by atoms with Gasteiger partial charge < -0.3 is 0 Å². The normalized spacial score (nSPS) is 16.5. The summed E-state index contributed by atoms with van der Waals surface area (Å²) in [6.45, 7) is 2.29. The molecule has 0 aliphatic carbocycles. The minimum atomic E-state index is -0.104. The molecule has 0 bridgehead atoms. The van der Waals surface area contributed by atoms with Crippen LogP contribution in [0.15, 0.2) is 23.3 Å². The molecule has 7 heteroatoms. The van der Waals surface area contributed by atoms with Gasteiger partial charge in [0.05, 0.1) is 22.8 Å². The van der Waals surface area contributed by atoms with Gasteiger partial charge >= 0.3 is 0 Å². The standard InChI is InChI=1S/C13H15Cl2N3OS/c14-11-2-1-10(7-12(11)15)8-16-17-13(19)9-18-3-5-20-6-4-18/h1-2,7-8H,3-6,9H2,(H,17,19)/b16-8+. The Morgan fingerprint density at radius 1 is 1.35 bits per heavy atom. The molecule has 1 N–H and O–H groups in total. The van der Waals surface area contributed by atoms with Gasteiger partial charge in [0, 0.05) is 24.6 Å². The van der Waals surface area contributed by atoms with E-state index in [9.17, 15) is 4.79 Å². The Kier molecular flexibility index (Phi) is 6.16. The van der Waals surface area contributed by atoms with Crippen LogP contribution in [0.25, 0.3) is 0 Å². The fourth-order valence-corrected chi connectivity index (χ4v) is 3.05. The van der Waals surface area contributed by atoms with E-state index in [1.165, 1.54) is 0 Å². The van der Waals surface area contributed by atoms with Crippen LogP contribution in [0, 0.1) is 0 Å². The molecule has 1 aliphatic rings. The number of halogens is 2. The number of carbonyl (C=O) groups excluding carboxylic acids is 1. The number of amides is 1. The number of rotatable bonds is 4. The van der Waals surface area contributed by atoms with Gasteiger partial charge in [0.1, 0.15) is 0 Å². The van der Waals surface area contributed by atoms with Crippen LogP contribution in [0.1, 0.15) is 5.56 Å². The molecule has 0 spiro atoms.